The van der Waals surface area contributed by atoms with Gasteiger partial charge in [0.05, 0.1) is 5.69 Å². The summed E-state index contributed by atoms with van der Waals surface area (Å²) in [7, 11) is 0. The van der Waals surface area contributed by atoms with Gasteiger partial charge in [-0.2, -0.15) is 0 Å². The maximum Gasteiger partial charge on any atom is 0.294 e. The van der Waals surface area contributed by atoms with Gasteiger partial charge in [0.1, 0.15) is 11.6 Å². The molecule has 1 amide bonds. The van der Waals surface area contributed by atoms with Crippen LogP contribution in [0.3, 0.4) is 0 Å². The highest BCUT2D eigenvalue weighted by molar-refractivity contribution is 9.10. The van der Waals surface area contributed by atoms with Crippen molar-refractivity contribution in [1.29, 1.82) is 0 Å². The fourth-order valence-corrected chi connectivity index (χ4v) is 3.15. The summed E-state index contributed by atoms with van der Waals surface area (Å²) in [6, 6.07) is 6.71. The number of halogens is 2. The predicted molar refractivity (Wildman–Crippen MR) is 82.2 cm³/mol. The summed E-state index contributed by atoms with van der Waals surface area (Å²) >= 11 is 3.29. The van der Waals surface area contributed by atoms with Gasteiger partial charge >= 0.3 is 0 Å². The molecule has 2 aromatic rings. The largest absolute Gasteiger partial charge is 0.456 e. The monoisotopic (exact) mass is 351 g/mol. The average molecular weight is 352 g/mol. The van der Waals surface area contributed by atoms with Crippen LogP contribution in [0.1, 0.15) is 35.2 Å². The topological polar surface area (TPSA) is 33.5 Å². The average Bonchev–Trinajstić information content (AvgIpc) is 2.94. The molecule has 0 fully saturated rings. The van der Waals surface area contributed by atoms with Crippen LogP contribution >= 0.6 is 15.9 Å². The first-order valence-corrected chi connectivity index (χ1v) is 7.78. The van der Waals surface area contributed by atoms with Crippen molar-refractivity contribution in [3.8, 4) is 0 Å². The molecule has 110 valence electrons. The van der Waals surface area contributed by atoms with Crippen molar-refractivity contribution in [2.45, 2.75) is 26.2 Å². The molecule has 1 aromatic heterocycles. The van der Waals surface area contributed by atoms with Crippen LogP contribution in [0.5, 0.6) is 0 Å². The molecule has 5 heteroatoms. The number of hydrogen-bond acceptors (Lipinski definition) is 2. The smallest absolute Gasteiger partial charge is 0.294 e. The molecule has 0 saturated heterocycles. The summed E-state index contributed by atoms with van der Waals surface area (Å²) in [6.07, 6.45) is 2.31. The Morgan fingerprint density at radius 1 is 1.43 bits per heavy atom. The first-order valence-electron chi connectivity index (χ1n) is 6.98. The summed E-state index contributed by atoms with van der Waals surface area (Å²) in [5.74, 6) is 0.362. The molecule has 0 saturated carbocycles. The van der Waals surface area contributed by atoms with Crippen LogP contribution in [0.25, 0.3) is 0 Å². The third-order valence-corrected chi connectivity index (χ3v) is 4.13. The molecule has 0 spiro atoms. The lowest BCUT2D eigenvalue weighted by Crippen LogP contribution is -2.36. The third-order valence-electron chi connectivity index (χ3n) is 3.67. The van der Waals surface area contributed by atoms with Gasteiger partial charge in [-0.1, -0.05) is 22.9 Å². The molecule has 1 aromatic carbocycles. The van der Waals surface area contributed by atoms with E-state index in [1.807, 2.05) is 13.0 Å². The first kappa shape index (κ1) is 14.3. The SMILES string of the molecule is CCc1ccc(C(=O)N2CCCc3cc(Br)cc(F)c32)o1. The van der Waals surface area contributed by atoms with Crippen LogP contribution in [0.4, 0.5) is 10.1 Å². The molecule has 1 aliphatic heterocycles. The van der Waals surface area contributed by atoms with Crippen LogP contribution in [0, 0.1) is 5.82 Å². The fraction of sp³-hybridized carbons (Fsp3) is 0.312. The molecule has 0 radical (unpaired) electrons. The van der Waals surface area contributed by atoms with Gasteiger partial charge in [0.2, 0.25) is 0 Å². The highest BCUT2D eigenvalue weighted by Crippen LogP contribution is 2.34. The van der Waals surface area contributed by atoms with E-state index in [1.54, 1.807) is 12.1 Å². The standard InChI is InChI=1S/C16H15BrFNO2/c1-2-12-5-6-14(21-12)16(20)19-7-3-4-10-8-11(17)9-13(18)15(10)19/h5-6,8-9H,2-4,7H2,1H3. The van der Waals surface area contributed by atoms with Crippen molar-refractivity contribution in [2.75, 3.05) is 11.4 Å². The number of rotatable bonds is 2. The van der Waals surface area contributed by atoms with Crippen molar-refractivity contribution in [3.05, 3.63) is 51.6 Å². The summed E-state index contributed by atoms with van der Waals surface area (Å²) in [5, 5.41) is 0. The molecule has 0 unspecified atom stereocenters. The minimum Gasteiger partial charge on any atom is -0.456 e. The number of carbonyl (C=O) groups excluding carboxylic acids is 1. The van der Waals surface area contributed by atoms with Crippen molar-refractivity contribution >= 4 is 27.5 Å². The number of furan rings is 1. The normalized spacial score (nSPS) is 14.1. The second-order valence-electron chi connectivity index (χ2n) is 5.08. The fourth-order valence-electron chi connectivity index (χ4n) is 2.67. The number of nitrogens with zero attached hydrogens (tertiary/aromatic N) is 1. The highest BCUT2D eigenvalue weighted by Gasteiger charge is 2.28. The van der Waals surface area contributed by atoms with Crippen LogP contribution in [-0.2, 0) is 12.8 Å². The quantitative estimate of drug-likeness (QED) is 0.806. The second-order valence-corrected chi connectivity index (χ2v) is 5.99. The zero-order chi connectivity index (χ0) is 15.0. The summed E-state index contributed by atoms with van der Waals surface area (Å²) < 4.78 is 20.5. The molecule has 0 aliphatic carbocycles. The van der Waals surface area contributed by atoms with Gasteiger partial charge in [-0.05, 0) is 42.7 Å². The van der Waals surface area contributed by atoms with Crippen molar-refractivity contribution in [2.24, 2.45) is 0 Å². The zero-order valence-corrected chi connectivity index (χ0v) is 13.2. The van der Waals surface area contributed by atoms with E-state index in [1.165, 1.54) is 11.0 Å². The minimum absolute atomic E-state index is 0.266. The Labute approximate surface area is 130 Å². The van der Waals surface area contributed by atoms with E-state index in [0.29, 0.717) is 16.7 Å². The maximum atomic E-state index is 14.3. The number of benzene rings is 1. The zero-order valence-electron chi connectivity index (χ0n) is 11.7. The Balaban J connectivity index is 2.00. The molecular weight excluding hydrogens is 337 g/mol. The van der Waals surface area contributed by atoms with Crippen LogP contribution in [0.2, 0.25) is 0 Å². The number of fused-ring (bicyclic) bond motifs is 1. The molecule has 21 heavy (non-hydrogen) atoms. The number of hydrogen-bond donors (Lipinski definition) is 0. The molecule has 0 N–H and O–H groups in total. The Morgan fingerprint density at radius 2 is 2.24 bits per heavy atom. The van der Waals surface area contributed by atoms with E-state index in [0.717, 1.165) is 30.6 Å². The lowest BCUT2D eigenvalue weighted by atomic mass is 10.0. The summed E-state index contributed by atoms with van der Waals surface area (Å²) in [4.78, 5) is 14.1. The van der Waals surface area contributed by atoms with Gasteiger partial charge in [-0.15, -0.1) is 0 Å². The molecule has 0 atom stereocenters. The van der Waals surface area contributed by atoms with Crippen molar-refractivity contribution in [3.63, 3.8) is 0 Å². The molecule has 0 bridgehead atoms. The van der Waals surface area contributed by atoms with Crippen LogP contribution in [0.15, 0.2) is 33.2 Å². The number of carbonyl (C=O) groups is 1. The van der Waals surface area contributed by atoms with Crippen LogP contribution < -0.4 is 4.90 Å². The van der Waals surface area contributed by atoms with Gasteiger partial charge in [-0.25, -0.2) is 4.39 Å². The Bertz CT molecular complexity index is 696. The minimum atomic E-state index is -0.380. The number of amides is 1. The van der Waals surface area contributed by atoms with Gasteiger partial charge in [-0.3, -0.25) is 4.79 Å². The molecular formula is C16H15BrFNO2. The Morgan fingerprint density at radius 3 is 2.95 bits per heavy atom. The number of anilines is 1. The highest BCUT2D eigenvalue weighted by atomic mass is 79.9. The maximum absolute atomic E-state index is 14.3. The van der Waals surface area contributed by atoms with E-state index < -0.39 is 0 Å². The Hall–Kier alpha value is -1.62. The van der Waals surface area contributed by atoms with Gasteiger partial charge in [0, 0.05) is 17.4 Å². The van der Waals surface area contributed by atoms with Crippen molar-refractivity contribution in [1.82, 2.24) is 0 Å². The summed E-state index contributed by atoms with van der Waals surface area (Å²) in [6.45, 7) is 2.47. The first-order chi connectivity index (χ1) is 10.1. The van der Waals surface area contributed by atoms with E-state index >= 15 is 0 Å². The third kappa shape index (κ3) is 2.62. The molecule has 3 rings (SSSR count). The second kappa shape index (κ2) is 5.64. The summed E-state index contributed by atoms with van der Waals surface area (Å²) in [5.41, 5.74) is 1.23. The number of aryl methyl sites for hydroxylation is 2. The molecule has 1 aliphatic rings. The van der Waals surface area contributed by atoms with E-state index in [2.05, 4.69) is 15.9 Å². The lowest BCUT2D eigenvalue weighted by Gasteiger charge is -2.29. The predicted octanol–water partition coefficient (Wildman–Crippen LogP) is 4.34. The van der Waals surface area contributed by atoms with Crippen LogP contribution in [-0.4, -0.2) is 12.5 Å². The lowest BCUT2D eigenvalue weighted by molar-refractivity contribution is 0.0955. The van der Waals surface area contributed by atoms with E-state index in [9.17, 15) is 9.18 Å². The van der Waals surface area contributed by atoms with Crippen molar-refractivity contribution < 1.29 is 13.6 Å². The van der Waals surface area contributed by atoms with E-state index in [4.69, 9.17) is 4.42 Å². The van der Waals surface area contributed by atoms with Gasteiger partial charge in [0.15, 0.2) is 5.76 Å². The Kier molecular flexibility index (Phi) is 3.85. The molecule has 3 nitrogen and oxygen atoms in total. The molecule has 2 heterocycles. The van der Waals surface area contributed by atoms with E-state index in [-0.39, 0.29) is 17.5 Å². The van der Waals surface area contributed by atoms with Gasteiger partial charge < -0.3 is 9.32 Å². The van der Waals surface area contributed by atoms with Gasteiger partial charge in [0.25, 0.3) is 5.91 Å².